The lowest BCUT2D eigenvalue weighted by molar-refractivity contribution is -0.0590. The zero-order valence-corrected chi connectivity index (χ0v) is 22.9. The van der Waals surface area contributed by atoms with E-state index in [9.17, 15) is 23.1 Å². The first-order valence-electron chi connectivity index (χ1n) is 13.1. The normalized spacial score (nSPS) is 14.6. The molecule has 8 nitrogen and oxygen atoms in total. The minimum atomic E-state index is -1.18. The first-order valence-corrected chi connectivity index (χ1v) is 13.5. The molecule has 2 aromatic carbocycles. The van der Waals surface area contributed by atoms with Gasteiger partial charge < -0.3 is 19.1 Å². The molecule has 43 heavy (non-hydrogen) atoms. The first kappa shape index (κ1) is 28.6. The van der Waals surface area contributed by atoms with Crippen LogP contribution < -0.4 is 4.74 Å². The molecule has 1 N–H and O–H groups in total. The number of fused-ring (bicyclic) bond motifs is 1. The number of hydrogen-bond acceptors (Lipinski definition) is 6. The number of halogens is 5. The minimum absolute atomic E-state index is 0.0660. The van der Waals surface area contributed by atoms with Gasteiger partial charge in [0.2, 0.25) is 0 Å². The number of carbonyl (C=O) groups is 1. The Labute approximate surface area is 246 Å². The van der Waals surface area contributed by atoms with Gasteiger partial charge in [-0.2, -0.15) is 0 Å². The average Bonchev–Trinajstić information content (AvgIpc) is 3.27. The topological polar surface area (TPSA) is 99.4 Å². The van der Waals surface area contributed by atoms with Crippen molar-refractivity contribution < 1.29 is 36.9 Å². The molecule has 1 atom stereocenters. The van der Waals surface area contributed by atoms with Gasteiger partial charge in [-0.3, -0.25) is 0 Å². The van der Waals surface area contributed by atoms with Crippen LogP contribution in [0.15, 0.2) is 54.6 Å². The number of benzene rings is 2. The summed E-state index contributed by atoms with van der Waals surface area (Å²) in [6.07, 6.45) is 0.867. The van der Waals surface area contributed by atoms with Gasteiger partial charge in [0.1, 0.15) is 35.3 Å². The van der Waals surface area contributed by atoms with Crippen LogP contribution in [0.25, 0.3) is 22.4 Å². The van der Waals surface area contributed by atoms with Crippen molar-refractivity contribution in [3.05, 3.63) is 106 Å². The second-order valence-electron chi connectivity index (χ2n) is 9.89. The summed E-state index contributed by atoms with van der Waals surface area (Å²) >= 11 is 5.74. The van der Waals surface area contributed by atoms with E-state index >= 15 is 4.39 Å². The van der Waals surface area contributed by atoms with Gasteiger partial charge >= 0.3 is 5.97 Å². The van der Waals surface area contributed by atoms with Gasteiger partial charge in [-0.05, 0) is 48.4 Å². The molecule has 0 aliphatic carbocycles. The van der Waals surface area contributed by atoms with Crippen LogP contribution in [0.5, 0.6) is 5.88 Å². The molecule has 0 saturated carbocycles. The highest BCUT2D eigenvalue weighted by Crippen LogP contribution is 2.30. The Balaban J connectivity index is 1.28. The lowest BCUT2D eigenvalue weighted by Gasteiger charge is -2.27. The molecule has 0 unspecified atom stereocenters. The van der Waals surface area contributed by atoms with E-state index in [-0.39, 0.29) is 34.4 Å². The third-order valence-electron chi connectivity index (χ3n) is 7.00. The molecule has 1 saturated heterocycles. The van der Waals surface area contributed by atoms with E-state index in [2.05, 4.69) is 15.0 Å². The van der Waals surface area contributed by atoms with Crippen LogP contribution in [0.2, 0.25) is 5.02 Å². The molecule has 4 heterocycles. The third kappa shape index (κ3) is 5.88. The summed E-state index contributed by atoms with van der Waals surface area (Å²) < 4.78 is 71.3. The Bertz CT molecular complexity index is 1880. The standard InChI is InChI=1S/C30H21ClF4N4O4/c31-17-3-2-16(20(32)11-17)14-43-29-23(35)12-22(34)27(38-29)19-4-1-15(9-21(19)33)10-26-36-24-5-6-25(30(40)41)37-28(24)39(26)13-18-7-8-42-18/h1-6,9,11-12,18H,7-8,10,13-14H2,(H,40,41)/t18-/m0/s1. The van der Waals surface area contributed by atoms with Gasteiger partial charge in [0, 0.05) is 35.2 Å². The van der Waals surface area contributed by atoms with Crippen LogP contribution in [0.3, 0.4) is 0 Å². The van der Waals surface area contributed by atoms with Crippen molar-refractivity contribution in [2.75, 3.05) is 6.61 Å². The Hall–Kier alpha value is -4.55. The molecular formula is C30H21ClF4N4O4. The molecule has 3 aromatic heterocycles. The van der Waals surface area contributed by atoms with Crippen molar-refractivity contribution in [2.45, 2.75) is 32.1 Å². The second kappa shape index (κ2) is 11.6. The van der Waals surface area contributed by atoms with Gasteiger partial charge in [0.25, 0.3) is 5.88 Å². The smallest absolute Gasteiger partial charge is 0.354 e. The number of pyridine rings is 2. The lowest BCUT2D eigenvalue weighted by atomic mass is 10.0. The predicted octanol–water partition coefficient (Wildman–Crippen LogP) is 6.36. The number of carboxylic acid groups (broad SMARTS) is 1. The Morgan fingerprint density at radius 1 is 0.977 bits per heavy atom. The Morgan fingerprint density at radius 3 is 2.49 bits per heavy atom. The number of nitrogens with zero attached hydrogens (tertiary/aromatic N) is 4. The average molecular weight is 613 g/mol. The van der Waals surface area contributed by atoms with Crippen LogP contribution in [0.4, 0.5) is 17.6 Å². The molecular weight excluding hydrogens is 592 g/mol. The van der Waals surface area contributed by atoms with Crippen molar-refractivity contribution in [2.24, 2.45) is 0 Å². The number of imidazole rings is 1. The summed E-state index contributed by atoms with van der Waals surface area (Å²) in [5, 5.41) is 9.55. The molecule has 220 valence electrons. The highest BCUT2D eigenvalue weighted by Gasteiger charge is 2.24. The largest absolute Gasteiger partial charge is 0.477 e. The predicted molar refractivity (Wildman–Crippen MR) is 147 cm³/mol. The zero-order valence-electron chi connectivity index (χ0n) is 22.2. The SMILES string of the molecule is O=C(O)c1ccc2nc(Cc3ccc(-c4nc(OCc5ccc(Cl)cc5F)c(F)cc4F)c(F)c3)n(C[C@@H]3CCO3)c2n1. The van der Waals surface area contributed by atoms with Gasteiger partial charge in [-0.15, -0.1) is 0 Å². The van der Waals surface area contributed by atoms with Gasteiger partial charge in [-0.25, -0.2) is 37.3 Å². The van der Waals surface area contributed by atoms with E-state index in [0.717, 1.165) is 12.5 Å². The molecule has 1 aliphatic rings. The number of rotatable bonds is 9. The fourth-order valence-electron chi connectivity index (χ4n) is 4.69. The Morgan fingerprint density at radius 2 is 1.79 bits per heavy atom. The maximum Gasteiger partial charge on any atom is 0.354 e. The number of aromatic carboxylic acids is 1. The summed E-state index contributed by atoms with van der Waals surface area (Å²) in [6.45, 7) is 0.580. The van der Waals surface area contributed by atoms with Crippen LogP contribution in [0, 0.1) is 23.3 Å². The van der Waals surface area contributed by atoms with E-state index in [1.807, 2.05) is 0 Å². The fourth-order valence-corrected chi connectivity index (χ4v) is 4.85. The first-order chi connectivity index (χ1) is 20.7. The summed E-state index contributed by atoms with van der Waals surface area (Å²) in [5.74, 6) is -5.07. The van der Waals surface area contributed by atoms with E-state index < -0.39 is 47.4 Å². The van der Waals surface area contributed by atoms with Crippen LogP contribution in [0.1, 0.15) is 33.9 Å². The second-order valence-corrected chi connectivity index (χ2v) is 10.3. The summed E-state index contributed by atoms with van der Waals surface area (Å²) in [6, 6.07) is 11.3. The fraction of sp³-hybridized carbons (Fsp3) is 0.200. The van der Waals surface area contributed by atoms with Crippen LogP contribution in [-0.4, -0.2) is 43.3 Å². The van der Waals surface area contributed by atoms with E-state index in [1.165, 1.54) is 30.3 Å². The quantitative estimate of drug-likeness (QED) is 0.193. The summed E-state index contributed by atoms with van der Waals surface area (Å²) in [5.41, 5.74) is 0.510. The molecule has 0 radical (unpaired) electrons. The molecule has 1 aliphatic heterocycles. The summed E-state index contributed by atoms with van der Waals surface area (Å²) in [7, 11) is 0. The number of hydrogen-bond donors (Lipinski definition) is 1. The van der Waals surface area contributed by atoms with Crippen LogP contribution in [-0.2, 0) is 24.3 Å². The molecule has 0 bridgehead atoms. The molecule has 0 amide bonds. The summed E-state index contributed by atoms with van der Waals surface area (Å²) in [4.78, 5) is 24.2. The van der Waals surface area contributed by atoms with Crippen molar-refractivity contribution in [3.8, 4) is 17.1 Å². The van der Waals surface area contributed by atoms with Gasteiger partial charge in [-0.1, -0.05) is 23.7 Å². The lowest BCUT2D eigenvalue weighted by Crippen LogP contribution is -2.32. The molecule has 0 spiro atoms. The van der Waals surface area contributed by atoms with Gasteiger partial charge in [0.05, 0.1) is 12.6 Å². The van der Waals surface area contributed by atoms with Crippen molar-refractivity contribution >= 4 is 28.7 Å². The van der Waals surface area contributed by atoms with Crippen molar-refractivity contribution in [1.29, 1.82) is 0 Å². The van der Waals surface area contributed by atoms with Gasteiger partial charge in [0.15, 0.2) is 23.0 Å². The van der Waals surface area contributed by atoms with Crippen molar-refractivity contribution in [3.63, 3.8) is 0 Å². The van der Waals surface area contributed by atoms with E-state index in [4.69, 9.17) is 21.1 Å². The minimum Gasteiger partial charge on any atom is -0.477 e. The van der Waals surface area contributed by atoms with E-state index in [0.29, 0.717) is 41.8 Å². The molecule has 5 aromatic rings. The van der Waals surface area contributed by atoms with Crippen molar-refractivity contribution in [1.82, 2.24) is 19.5 Å². The number of aromatic nitrogens is 4. The zero-order chi connectivity index (χ0) is 30.2. The van der Waals surface area contributed by atoms with E-state index in [1.54, 1.807) is 16.7 Å². The maximum absolute atomic E-state index is 15.4. The monoisotopic (exact) mass is 612 g/mol. The van der Waals surface area contributed by atoms with Crippen LogP contribution >= 0.6 is 11.6 Å². The molecule has 6 rings (SSSR count). The molecule has 1 fully saturated rings. The Kier molecular flexibility index (Phi) is 7.72. The highest BCUT2D eigenvalue weighted by molar-refractivity contribution is 6.30. The third-order valence-corrected chi connectivity index (χ3v) is 7.23. The number of ether oxygens (including phenoxy) is 2. The highest BCUT2D eigenvalue weighted by atomic mass is 35.5. The number of carboxylic acids is 1. The molecule has 13 heteroatoms. The maximum atomic E-state index is 15.4.